The van der Waals surface area contributed by atoms with Gasteiger partial charge in [-0.05, 0) is 148 Å². The summed E-state index contributed by atoms with van der Waals surface area (Å²) in [6.07, 6.45) is 0. The van der Waals surface area contributed by atoms with E-state index in [2.05, 4.69) is 280 Å². The van der Waals surface area contributed by atoms with E-state index in [0.717, 1.165) is 0 Å². The van der Waals surface area contributed by atoms with Crippen LogP contribution in [0.1, 0.15) is 181 Å². The van der Waals surface area contributed by atoms with Crippen LogP contribution >= 0.6 is 11.3 Å². The van der Waals surface area contributed by atoms with Crippen LogP contribution < -0.4 is 25.5 Å². The Labute approximate surface area is 444 Å². The van der Waals surface area contributed by atoms with Gasteiger partial charge in [0.1, 0.15) is 0 Å². The summed E-state index contributed by atoms with van der Waals surface area (Å²) < 4.78 is 2.73. The van der Waals surface area contributed by atoms with Gasteiger partial charge in [-0.15, -0.1) is 11.3 Å². The predicted octanol–water partition coefficient (Wildman–Crippen LogP) is 17.9. The topological polar surface area (TPSA) is 6.48 Å². The molecule has 374 valence electrons. The second-order valence-corrected chi connectivity index (χ2v) is 28.7. The zero-order chi connectivity index (χ0) is 52.5. The molecule has 73 heavy (non-hydrogen) atoms. The van der Waals surface area contributed by atoms with Crippen molar-refractivity contribution in [3.63, 3.8) is 0 Å². The van der Waals surface area contributed by atoms with Crippen LogP contribution in [0.3, 0.4) is 0 Å². The van der Waals surface area contributed by atoms with E-state index in [1.807, 2.05) is 11.3 Å². The summed E-state index contributed by atoms with van der Waals surface area (Å²) in [5.74, 6) is 0.0185. The summed E-state index contributed by atoms with van der Waals surface area (Å²) in [7, 11) is 0. The Hall–Kier alpha value is -5.84. The van der Waals surface area contributed by atoms with Gasteiger partial charge in [-0.1, -0.05) is 216 Å². The lowest BCUT2D eigenvalue weighted by Gasteiger charge is -2.44. The van der Waals surface area contributed by atoms with Gasteiger partial charge in [0.05, 0.1) is 5.69 Å². The highest BCUT2D eigenvalue weighted by atomic mass is 32.1. The molecule has 0 amide bonds. The molecule has 2 nitrogen and oxygen atoms in total. The summed E-state index contributed by atoms with van der Waals surface area (Å²) in [4.78, 5) is 5.28. The van der Waals surface area contributed by atoms with Crippen LogP contribution in [0.2, 0.25) is 0 Å². The molecule has 0 atom stereocenters. The Kier molecular flexibility index (Phi) is 12.1. The molecule has 3 heterocycles. The molecule has 8 aromatic rings. The molecule has 0 N–H and O–H groups in total. The Morgan fingerprint density at radius 2 is 0.740 bits per heavy atom. The largest absolute Gasteiger partial charge is 0.311 e. The lowest BCUT2D eigenvalue weighted by Crippen LogP contribution is -2.60. The highest BCUT2D eigenvalue weighted by Crippen LogP contribution is 2.51. The van der Waals surface area contributed by atoms with Gasteiger partial charge >= 0.3 is 0 Å². The Balaban J connectivity index is 1.30. The number of nitrogens with zero attached hydrogens (tertiary/aromatic N) is 2. The fourth-order valence-corrected chi connectivity index (χ4v) is 12.6. The summed E-state index contributed by atoms with van der Waals surface area (Å²) in [6, 6.07) is 57.9. The Morgan fingerprint density at radius 3 is 1.18 bits per heavy atom. The van der Waals surface area contributed by atoms with Crippen LogP contribution in [0.5, 0.6) is 0 Å². The van der Waals surface area contributed by atoms with E-state index in [1.165, 1.54) is 110 Å². The van der Waals surface area contributed by atoms with Gasteiger partial charge < -0.3 is 9.80 Å². The van der Waals surface area contributed by atoms with Crippen molar-refractivity contribution < 1.29 is 0 Å². The maximum atomic E-state index is 2.65. The number of hydrogen-bond donors (Lipinski definition) is 0. The van der Waals surface area contributed by atoms with Crippen molar-refractivity contribution in [1.29, 1.82) is 0 Å². The average Bonchev–Trinajstić information content (AvgIpc) is 3.69. The fourth-order valence-electron chi connectivity index (χ4n) is 11.3. The molecule has 0 bridgehead atoms. The molecule has 0 saturated heterocycles. The van der Waals surface area contributed by atoms with E-state index in [4.69, 9.17) is 0 Å². The first-order valence-corrected chi connectivity index (χ1v) is 27.7. The van der Waals surface area contributed by atoms with Gasteiger partial charge in [-0.25, -0.2) is 0 Å². The molecule has 0 fully saturated rings. The van der Waals surface area contributed by atoms with Crippen molar-refractivity contribution in [3.05, 3.63) is 196 Å². The number of hydrogen-bond acceptors (Lipinski definition) is 3. The highest BCUT2D eigenvalue weighted by molar-refractivity contribution is 7.33. The zero-order valence-electron chi connectivity index (χ0n) is 47.3. The van der Waals surface area contributed by atoms with Gasteiger partial charge in [0.2, 0.25) is 0 Å². The lowest BCUT2D eigenvalue weighted by atomic mass is 9.36. The summed E-state index contributed by atoms with van der Waals surface area (Å²) in [5.41, 5.74) is 22.2. The predicted molar refractivity (Wildman–Crippen MR) is 322 cm³/mol. The average molecular weight is 979 g/mol. The highest BCUT2D eigenvalue weighted by Gasteiger charge is 2.46. The molecule has 2 aliphatic heterocycles. The van der Waals surface area contributed by atoms with Crippen LogP contribution in [-0.4, -0.2) is 6.71 Å². The van der Waals surface area contributed by atoms with E-state index in [-0.39, 0.29) is 45.1 Å². The molecule has 7 aromatic carbocycles. The van der Waals surface area contributed by atoms with Gasteiger partial charge in [-0.3, -0.25) is 0 Å². The molecule has 0 radical (unpaired) electrons. The Morgan fingerprint density at radius 1 is 0.356 bits per heavy atom. The SMILES string of the molecule is CC(C)(C)c1ccc(C(c2ccc(C(C)(C)C)cc2)c2ccc3c(c2)N(c2ccc(C(C)(C)C)cc2)c2cc(C(C)(C)C)cc4c2B3c2sc3ccc(C(C)(C)C)cc3c2N4c2ccc(C(C)(C)C)cc2)cc1. The normalized spacial score (nSPS) is 14.2. The number of fused-ring (bicyclic) bond motifs is 6. The van der Waals surface area contributed by atoms with Crippen LogP contribution in [0, 0.1) is 0 Å². The van der Waals surface area contributed by atoms with Gasteiger partial charge in [0.15, 0.2) is 0 Å². The first-order valence-electron chi connectivity index (χ1n) is 26.9. The van der Waals surface area contributed by atoms with Crippen LogP contribution in [0.25, 0.3) is 10.1 Å². The quantitative estimate of drug-likeness (QED) is 0.125. The minimum absolute atomic E-state index is 0.00506. The molecular formula is C69H79BN2S. The molecule has 2 aliphatic rings. The van der Waals surface area contributed by atoms with Crippen molar-refractivity contribution in [3.8, 4) is 0 Å². The van der Waals surface area contributed by atoms with Crippen molar-refractivity contribution >= 4 is 78.0 Å². The number of benzene rings is 7. The number of anilines is 6. The number of rotatable bonds is 5. The lowest BCUT2D eigenvalue weighted by molar-refractivity contribution is 0.589. The van der Waals surface area contributed by atoms with E-state index in [0.29, 0.717) is 0 Å². The second-order valence-electron chi connectivity index (χ2n) is 27.6. The first-order chi connectivity index (χ1) is 34.0. The standard InChI is InChI=1S/C69H79BN2S/c1-64(2,3)46-24-19-43(20-25-46)60(44-21-26-47(27-22-44)65(4,5)6)45-23-37-55-56(39-45)71(52-33-28-48(29-34-52)66(7,8)9)57-41-51(69(16,17)18)42-58-61(57)70(55)63-62(54-40-50(68(13,14)15)32-38-59(54)73-63)72(58)53-35-30-49(31-36-53)67(10,11)12/h19-42,60H,1-18H3. The fraction of sp³-hybridized carbons (Fsp3) is 0.362. The van der Waals surface area contributed by atoms with Crippen molar-refractivity contribution in [2.24, 2.45) is 0 Å². The van der Waals surface area contributed by atoms with Crippen molar-refractivity contribution in [2.45, 2.75) is 163 Å². The molecule has 0 saturated carbocycles. The molecule has 1 aromatic heterocycles. The number of thiophene rings is 1. The van der Waals surface area contributed by atoms with Crippen molar-refractivity contribution in [2.75, 3.05) is 9.80 Å². The van der Waals surface area contributed by atoms with E-state index < -0.39 is 0 Å². The Bertz CT molecular complexity index is 3310. The molecule has 0 aliphatic carbocycles. The molecular weight excluding hydrogens is 900 g/mol. The van der Waals surface area contributed by atoms with Crippen LogP contribution in [0.4, 0.5) is 34.1 Å². The monoisotopic (exact) mass is 979 g/mol. The minimum atomic E-state index is -0.132. The zero-order valence-corrected chi connectivity index (χ0v) is 48.1. The van der Waals surface area contributed by atoms with Crippen molar-refractivity contribution in [1.82, 2.24) is 0 Å². The third kappa shape index (κ3) is 9.19. The first kappa shape index (κ1) is 50.7. The summed E-state index contributed by atoms with van der Waals surface area (Å²) in [5, 5.41) is 1.33. The second kappa shape index (κ2) is 17.4. The maximum absolute atomic E-state index is 2.65. The minimum Gasteiger partial charge on any atom is -0.311 e. The molecule has 4 heteroatoms. The summed E-state index contributed by atoms with van der Waals surface area (Å²) in [6.45, 7) is 41.9. The van der Waals surface area contributed by atoms with Gasteiger partial charge in [0, 0.05) is 49.2 Å². The van der Waals surface area contributed by atoms with Crippen LogP contribution in [-0.2, 0) is 32.5 Å². The van der Waals surface area contributed by atoms with Gasteiger partial charge in [0.25, 0.3) is 6.71 Å². The third-order valence-corrected chi connectivity index (χ3v) is 17.2. The smallest absolute Gasteiger partial charge is 0.264 e. The summed E-state index contributed by atoms with van der Waals surface area (Å²) >= 11 is 1.99. The third-order valence-electron chi connectivity index (χ3n) is 16.0. The molecule has 10 rings (SSSR count). The van der Waals surface area contributed by atoms with E-state index >= 15 is 0 Å². The van der Waals surface area contributed by atoms with Crippen LogP contribution in [0.15, 0.2) is 146 Å². The van der Waals surface area contributed by atoms with E-state index in [9.17, 15) is 0 Å². The molecule has 0 spiro atoms. The van der Waals surface area contributed by atoms with E-state index in [1.54, 1.807) is 0 Å². The van der Waals surface area contributed by atoms with Gasteiger partial charge in [-0.2, -0.15) is 0 Å². The molecule has 0 unspecified atom stereocenters. The maximum Gasteiger partial charge on any atom is 0.264 e.